The Balaban J connectivity index is 1.97. The molecule has 0 saturated carbocycles. The van der Waals surface area contributed by atoms with E-state index in [-0.39, 0.29) is 0 Å². The van der Waals surface area contributed by atoms with Crippen molar-refractivity contribution in [3.05, 3.63) is 12.1 Å². The second-order valence-corrected chi connectivity index (χ2v) is 5.40. The van der Waals surface area contributed by atoms with Crippen LogP contribution in [0, 0.1) is 5.92 Å². The van der Waals surface area contributed by atoms with Crippen molar-refractivity contribution in [2.75, 3.05) is 51.5 Å². The number of aromatic nitrogens is 1. The average molecular weight is 264 g/mol. The molecule has 5 nitrogen and oxygen atoms in total. The van der Waals surface area contributed by atoms with Crippen LogP contribution in [0.4, 0.5) is 11.5 Å². The summed E-state index contributed by atoms with van der Waals surface area (Å²) in [7, 11) is 5.86. The molecule has 0 spiro atoms. The number of nitrogens with two attached hydrogens (primary N) is 1. The number of nitrogen functional groups attached to an aromatic ring is 1. The third-order valence-electron chi connectivity index (χ3n) is 3.83. The van der Waals surface area contributed by atoms with Crippen LogP contribution < -0.4 is 15.4 Å². The SMILES string of the molecule is COc1nc(N(C)CC2CCN(C)CC2)ccc1N. The maximum atomic E-state index is 5.79. The highest BCUT2D eigenvalue weighted by molar-refractivity contribution is 5.54. The number of methoxy groups -OCH3 is 1. The molecule has 2 N–H and O–H groups in total. The Morgan fingerprint density at radius 2 is 2.11 bits per heavy atom. The molecule has 1 aliphatic heterocycles. The van der Waals surface area contributed by atoms with Gasteiger partial charge in [0.25, 0.3) is 0 Å². The number of nitrogens with zero attached hydrogens (tertiary/aromatic N) is 3. The summed E-state index contributed by atoms with van der Waals surface area (Å²) in [6.45, 7) is 3.42. The Hall–Kier alpha value is -1.49. The molecule has 19 heavy (non-hydrogen) atoms. The van der Waals surface area contributed by atoms with Gasteiger partial charge in [-0.05, 0) is 51.0 Å². The Morgan fingerprint density at radius 1 is 1.42 bits per heavy atom. The number of piperidine rings is 1. The molecule has 0 unspecified atom stereocenters. The standard InChI is InChI=1S/C14H24N4O/c1-17-8-6-11(7-9-17)10-18(2)13-5-4-12(15)14(16-13)19-3/h4-5,11H,6-10,15H2,1-3H3. The average Bonchev–Trinajstić information content (AvgIpc) is 2.42. The zero-order valence-corrected chi connectivity index (χ0v) is 12.1. The summed E-state index contributed by atoms with van der Waals surface area (Å²) in [5.74, 6) is 2.17. The number of ether oxygens (including phenoxy) is 1. The van der Waals surface area contributed by atoms with E-state index in [1.54, 1.807) is 7.11 Å². The largest absolute Gasteiger partial charge is 0.479 e. The zero-order chi connectivity index (χ0) is 13.8. The van der Waals surface area contributed by atoms with Gasteiger partial charge >= 0.3 is 0 Å². The van der Waals surface area contributed by atoms with Gasteiger partial charge in [0.15, 0.2) is 0 Å². The molecule has 0 aromatic carbocycles. The van der Waals surface area contributed by atoms with E-state index < -0.39 is 0 Å². The summed E-state index contributed by atoms with van der Waals surface area (Å²) in [5.41, 5.74) is 6.37. The van der Waals surface area contributed by atoms with E-state index in [4.69, 9.17) is 10.5 Å². The molecule has 0 atom stereocenters. The van der Waals surface area contributed by atoms with Gasteiger partial charge < -0.3 is 20.3 Å². The lowest BCUT2D eigenvalue weighted by Crippen LogP contribution is -2.36. The van der Waals surface area contributed by atoms with Crippen molar-refractivity contribution < 1.29 is 4.74 Å². The van der Waals surface area contributed by atoms with E-state index in [9.17, 15) is 0 Å². The fourth-order valence-electron chi connectivity index (χ4n) is 2.54. The number of hydrogen-bond acceptors (Lipinski definition) is 5. The lowest BCUT2D eigenvalue weighted by atomic mass is 9.97. The summed E-state index contributed by atoms with van der Waals surface area (Å²) in [6, 6.07) is 3.80. The fraction of sp³-hybridized carbons (Fsp3) is 0.643. The predicted octanol–water partition coefficient (Wildman–Crippen LogP) is 1.45. The van der Waals surface area contributed by atoms with Gasteiger partial charge in [0.05, 0.1) is 12.8 Å². The van der Waals surface area contributed by atoms with Crippen LogP contribution in [0.1, 0.15) is 12.8 Å². The van der Waals surface area contributed by atoms with Crippen LogP contribution in [-0.2, 0) is 0 Å². The Kier molecular flexibility index (Phi) is 4.47. The lowest BCUT2D eigenvalue weighted by Gasteiger charge is -2.32. The molecular weight excluding hydrogens is 240 g/mol. The first kappa shape index (κ1) is 13.9. The van der Waals surface area contributed by atoms with Gasteiger partial charge in [0.1, 0.15) is 5.82 Å². The van der Waals surface area contributed by atoms with Crippen LogP contribution in [0.15, 0.2) is 12.1 Å². The number of likely N-dealkylation sites (tertiary alicyclic amines) is 1. The molecule has 1 saturated heterocycles. The molecule has 1 aromatic rings. The van der Waals surface area contributed by atoms with Crippen molar-refractivity contribution in [3.8, 4) is 5.88 Å². The van der Waals surface area contributed by atoms with Crippen molar-refractivity contribution in [1.29, 1.82) is 0 Å². The molecule has 2 heterocycles. The molecule has 5 heteroatoms. The van der Waals surface area contributed by atoms with Gasteiger partial charge in [0.2, 0.25) is 5.88 Å². The van der Waals surface area contributed by atoms with Crippen LogP contribution in [0.25, 0.3) is 0 Å². The van der Waals surface area contributed by atoms with Gasteiger partial charge in [-0.2, -0.15) is 4.98 Å². The van der Waals surface area contributed by atoms with E-state index in [2.05, 4.69) is 28.9 Å². The first-order chi connectivity index (χ1) is 9.10. The molecule has 106 valence electrons. The van der Waals surface area contributed by atoms with Gasteiger partial charge in [-0.15, -0.1) is 0 Å². The number of rotatable bonds is 4. The Labute approximate surface area is 115 Å². The highest BCUT2D eigenvalue weighted by Gasteiger charge is 2.19. The van der Waals surface area contributed by atoms with E-state index in [0.717, 1.165) is 18.3 Å². The van der Waals surface area contributed by atoms with E-state index in [0.29, 0.717) is 11.6 Å². The van der Waals surface area contributed by atoms with Crippen LogP contribution in [0.5, 0.6) is 5.88 Å². The van der Waals surface area contributed by atoms with E-state index in [1.807, 2.05) is 12.1 Å². The Bertz CT molecular complexity index is 416. The maximum Gasteiger partial charge on any atom is 0.238 e. The van der Waals surface area contributed by atoms with Crippen LogP contribution >= 0.6 is 0 Å². The van der Waals surface area contributed by atoms with Gasteiger partial charge in [-0.3, -0.25) is 0 Å². The van der Waals surface area contributed by atoms with E-state index >= 15 is 0 Å². The van der Waals surface area contributed by atoms with Crippen LogP contribution in [0.2, 0.25) is 0 Å². The molecular formula is C14H24N4O. The molecule has 1 fully saturated rings. The summed E-state index contributed by atoms with van der Waals surface area (Å²) in [4.78, 5) is 9.02. The topological polar surface area (TPSA) is 54.6 Å². The van der Waals surface area contributed by atoms with E-state index in [1.165, 1.54) is 25.9 Å². The summed E-state index contributed by atoms with van der Waals surface area (Å²) in [6.07, 6.45) is 2.51. The zero-order valence-electron chi connectivity index (χ0n) is 12.1. The molecule has 1 aliphatic rings. The molecule has 0 bridgehead atoms. The number of pyridine rings is 1. The van der Waals surface area contributed by atoms with Crippen molar-refractivity contribution in [1.82, 2.24) is 9.88 Å². The van der Waals surface area contributed by atoms with Crippen LogP contribution in [-0.4, -0.2) is 50.7 Å². The molecule has 0 radical (unpaired) electrons. The maximum absolute atomic E-state index is 5.79. The first-order valence-corrected chi connectivity index (χ1v) is 6.80. The second kappa shape index (κ2) is 6.10. The first-order valence-electron chi connectivity index (χ1n) is 6.80. The fourth-order valence-corrected chi connectivity index (χ4v) is 2.54. The minimum atomic E-state index is 0.507. The molecule has 2 rings (SSSR count). The monoisotopic (exact) mass is 264 g/mol. The Morgan fingerprint density at radius 3 is 2.74 bits per heavy atom. The minimum Gasteiger partial charge on any atom is -0.479 e. The van der Waals surface area contributed by atoms with Crippen molar-refractivity contribution >= 4 is 11.5 Å². The third kappa shape index (κ3) is 3.50. The summed E-state index contributed by atoms with van der Waals surface area (Å²) < 4.78 is 5.17. The highest BCUT2D eigenvalue weighted by atomic mass is 16.5. The number of hydrogen-bond donors (Lipinski definition) is 1. The lowest BCUT2D eigenvalue weighted by molar-refractivity contribution is 0.222. The minimum absolute atomic E-state index is 0.507. The molecule has 0 amide bonds. The van der Waals surface area contributed by atoms with Gasteiger partial charge in [-0.1, -0.05) is 0 Å². The number of anilines is 2. The normalized spacial score (nSPS) is 17.4. The third-order valence-corrected chi connectivity index (χ3v) is 3.83. The van der Waals surface area contributed by atoms with Crippen molar-refractivity contribution in [2.45, 2.75) is 12.8 Å². The summed E-state index contributed by atoms with van der Waals surface area (Å²) in [5, 5.41) is 0. The highest BCUT2D eigenvalue weighted by Crippen LogP contribution is 2.24. The van der Waals surface area contributed by atoms with Gasteiger partial charge in [0, 0.05) is 13.6 Å². The van der Waals surface area contributed by atoms with Crippen molar-refractivity contribution in [3.63, 3.8) is 0 Å². The quantitative estimate of drug-likeness (QED) is 0.892. The van der Waals surface area contributed by atoms with Gasteiger partial charge in [-0.25, -0.2) is 0 Å². The summed E-state index contributed by atoms with van der Waals surface area (Å²) >= 11 is 0. The smallest absolute Gasteiger partial charge is 0.238 e. The van der Waals surface area contributed by atoms with Crippen LogP contribution in [0.3, 0.4) is 0 Å². The molecule has 1 aromatic heterocycles. The predicted molar refractivity (Wildman–Crippen MR) is 78.7 cm³/mol. The molecule has 0 aliphatic carbocycles. The second-order valence-electron chi connectivity index (χ2n) is 5.40. The van der Waals surface area contributed by atoms with Crippen molar-refractivity contribution in [2.24, 2.45) is 5.92 Å².